The number of hydrogen-bond acceptors (Lipinski definition) is 3. The summed E-state index contributed by atoms with van der Waals surface area (Å²) in [5.74, 6) is 0. The third kappa shape index (κ3) is 2.85. The van der Waals surface area contributed by atoms with Crippen LogP contribution in [0.3, 0.4) is 0 Å². The minimum Gasteiger partial charge on any atom is -0.266 e. The summed E-state index contributed by atoms with van der Waals surface area (Å²) >= 11 is 4.66. The van der Waals surface area contributed by atoms with Gasteiger partial charge in [0.25, 0.3) is 10.0 Å². The highest BCUT2D eigenvalue weighted by molar-refractivity contribution is 9.10. The molecule has 1 aromatic heterocycles. The molecular formula is C13H14BrNO2S2. The molecule has 0 aliphatic carbocycles. The Balaban J connectivity index is 2.48. The van der Waals surface area contributed by atoms with Crippen LogP contribution in [-0.4, -0.2) is 15.0 Å². The van der Waals surface area contributed by atoms with E-state index in [0.29, 0.717) is 16.4 Å². The molecule has 6 heteroatoms. The van der Waals surface area contributed by atoms with E-state index in [1.54, 1.807) is 17.5 Å². The van der Waals surface area contributed by atoms with Crippen molar-refractivity contribution in [1.29, 1.82) is 0 Å². The molecule has 0 unspecified atom stereocenters. The second-order valence-corrected chi connectivity index (χ2v) is 7.93. The Labute approximate surface area is 126 Å². The number of aryl methyl sites for hydroxylation is 1. The van der Waals surface area contributed by atoms with Gasteiger partial charge in [0.1, 0.15) is 4.21 Å². The summed E-state index contributed by atoms with van der Waals surface area (Å²) in [5.41, 5.74) is 1.70. The lowest BCUT2D eigenvalue weighted by atomic mass is 10.2. The Bertz CT molecular complexity index is 666. The van der Waals surface area contributed by atoms with Crippen LogP contribution in [0.5, 0.6) is 0 Å². The molecule has 0 saturated carbocycles. The average Bonchev–Trinajstić information content (AvgIpc) is 2.88. The van der Waals surface area contributed by atoms with Gasteiger partial charge in [-0.15, -0.1) is 11.3 Å². The molecule has 1 aromatic carbocycles. The van der Waals surface area contributed by atoms with Gasteiger partial charge in [-0.3, -0.25) is 4.31 Å². The van der Waals surface area contributed by atoms with E-state index in [0.717, 1.165) is 10.0 Å². The van der Waals surface area contributed by atoms with Crippen molar-refractivity contribution < 1.29 is 8.42 Å². The molecule has 1 heterocycles. The van der Waals surface area contributed by atoms with Gasteiger partial charge in [0.2, 0.25) is 0 Å². The first-order valence-corrected chi connectivity index (χ1v) is 8.90. The van der Waals surface area contributed by atoms with E-state index in [4.69, 9.17) is 0 Å². The van der Waals surface area contributed by atoms with Crippen LogP contribution in [0.2, 0.25) is 0 Å². The zero-order valence-corrected chi connectivity index (χ0v) is 13.8. The van der Waals surface area contributed by atoms with Crippen LogP contribution in [0.1, 0.15) is 12.5 Å². The monoisotopic (exact) mass is 359 g/mol. The minimum absolute atomic E-state index is 0.370. The van der Waals surface area contributed by atoms with Gasteiger partial charge in [0, 0.05) is 11.0 Å². The number of rotatable bonds is 4. The summed E-state index contributed by atoms with van der Waals surface area (Å²) in [5, 5.41) is 1.77. The normalized spacial score (nSPS) is 11.5. The lowest BCUT2D eigenvalue weighted by molar-refractivity contribution is 0.594. The Morgan fingerprint density at radius 3 is 2.58 bits per heavy atom. The molecule has 0 amide bonds. The Kier molecular flexibility index (Phi) is 4.32. The second kappa shape index (κ2) is 5.64. The molecule has 2 rings (SSSR count). The van der Waals surface area contributed by atoms with Crippen molar-refractivity contribution in [3.8, 4) is 0 Å². The van der Waals surface area contributed by atoms with Crippen molar-refractivity contribution in [2.24, 2.45) is 0 Å². The smallest absolute Gasteiger partial charge is 0.266 e. The van der Waals surface area contributed by atoms with Gasteiger partial charge in [-0.25, -0.2) is 8.42 Å². The fourth-order valence-corrected chi connectivity index (χ4v) is 4.61. The van der Waals surface area contributed by atoms with Crippen molar-refractivity contribution >= 4 is 43.0 Å². The number of sulfonamides is 1. The molecule has 0 N–H and O–H groups in total. The Hall–Kier alpha value is -0.850. The highest BCUT2D eigenvalue weighted by atomic mass is 79.9. The summed E-state index contributed by atoms with van der Waals surface area (Å²) in [4.78, 5) is 0. The van der Waals surface area contributed by atoms with Crippen molar-refractivity contribution in [2.45, 2.75) is 18.1 Å². The first kappa shape index (κ1) is 14.6. The summed E-state index contributed by atoms with van der Waals surface area (Å²) < 4.78 is 27.9. The number of benzene rings is 1. The first-order valence-electron chi connectivity index (χ1n) is 5.79. The van der Waals surface area contributed by atoms with Crippen molar-refractivity contribution in [2.75, 3.05) is 10.8 Å². The van der Waals surface area contributed by atoms with Gasteiger partial charge in [-0.2, -0.15) is 0 Å². The molecule has 2 aromatic rings. The minimum atomic E-state index is -3.45. The number of thiophene rings is 1. The maximum atomic E-state index is 12.5. The van der Waals surface area contributed by atoms with Crippen LogP contribution < -0.4 is 4.31 Å². The lowest BCUT2D eigenvalue weighted by Gasteiger charge is -2.22. The molecular weight excluding hydrogens is 346 g/mol. The maximum absolute atomic E-state index is 12.5. The van der Waals surface area contributed by atoms with E-state index >= 15 is 0 Å². The van der Waals surface area contributed by atoms with Crippen molar-refractivity contribution in [3.63, 3.8) is 0 Å². The van der Waals surface area contributed by atoms with Gasteiger partial charge in [-0.1, -0.05) is 22.0 Å². The average molecular weight is 360 g/mol. The Morgan fingerprint density at radius 1 is 1.32 bits per heavy atom. The molecule has 0 bridgehead atoms. The van der Waals surface area contributed by atoms with E-state index in [1.807, 2.05) is 32.0 Å². The maximum Gasteiger partial charge on any atom is 0.273 e. The van der Waals surface area contributed by atoms with Crippen LogP contribution in [0.15, 0.2) is 44.4 Å². The Morgan fingerprint density at radius 2 is 2.05 bits per heavy atom. The van der Waals surface area contributed by atoms with Gasteiger partial charge < -0.3 is 0 Å². The first-order chi connectivity index (χ1) is 8.96. The summed E-state index contributed by atoms with van der Waals surface area (Å²) in [7, 11) is -3.45. The van der Waals surface area contributed by atoms with Gasteiger partial charge in [0.15, 0.2) is 0 Å². The quantitative estimate of drug-likeness (QED) is 0.825. The van der Waals surface area contributed by atoms with Gasteiger partial charge in [-0.05, 0) is 49.1 Å². The topological polar surface area (TPSA) is 37.4 Å². The summed E-state index contributed by atoms with van der Waals surface area (Å²) in [6, 6.07) is 8.94. The molecule has 0 aliphatic heterocycles. The van der Waals surface area contributed by atoms with E-state index < -0.39 is 10.0 Å². The largest absolute Gasteiger partial charge is 0.273 e. The SMILES string of the molecule is CCN(c1ccc(Br)c(C)c1)S(=O)(=O)c1cccs1. The summed E-state index contributed by atoms with van der Waals surface area (Å²) in [6.45, 7) is 4.18. The van der Waals surface area contributed by atoms with E-state index in [9.17, 15) is 8.42 Å². The molecule has 0 atom stereocenters. The van der Waals surface area contributed by atoms with Crippen LogP contribution in [0, 0.1) is 6.92 Å². The van der Waals surface area contributed by atoms with E-state index in [-0.39, 0.29) is 0 Å². The fourth-order valence-electron chi connectivity index (χ4n) is 1.79. The van der Waals surface area contributed by atoms with Crippen molar-refractivity contribution in [1.82, 2.24) is 0 Å². The van der Waals surface area contributed by atoms with Crippen LogP contribution in [0.4, 0.5) is 5.69 Å². The van der Waals surface area contributed by atoms with Crippen LogP contribution >= 0.6 is 27.3 Å². The van der Waals surface area contributed by atoms with E-state index in [2.05, 4.69) is 15.9 Å². The van der Waals surface area contributed by atoms with Crippen LogP contribution in [-0.2, 0) is 10.0 Å². The highest BCUT2D eigenvalue weighted by Gasteiger charge is 2.24. The third-order valence-electron chi connectivity index (χ3n) is 2.76. The molecule has 102 valence electrons. The standard InChI is InChI=1S/C13H14BrNO2S2/c1-3-15(11-6-7-12(14)10(2)9-11)19(16,17)13-5-4-8-18-13/h4-9H,3H2,1-2H3. The molecule has 0 fully saturated rings. The van der Waals surface area contributed by atoms with Crippen molar-refractivity contribution in [3.05, 3.63) is 45.7 Å². The molecule has 0 spiro atoms. The molecule has 3 nitrogen and oxygen atoms in total. The van der Waals surface area contributed by atoms with E-state index in [1.165, 1.54) is 15.6 Å². The number of halogens is 1. The molecule has 19 heavy (non-hydrogen) atoms. The summed E-state index contributed by atoms with van der Waals surface area (Å²) in [6.07, 6.45) is 0. The zero-order chi connectivity index (χ0) is 14.0. The predicted octanol–water partition coefficient (Wildman–Crippen LogP) is 4.03. The van der Waals surface area contributed by atoms with Gasteiger partial charge in [0.05, 0.1) is 5.69 Å². The molecule has 0 saturated heterocycles. The highest BCUT2D eigenvalue weighted by Crippen LogP contribution is 2.29. The fraction of sp³-hybridized carbons (Fsp3) is 0.231. The molecule has 0 aliphatic rings. The number of hydrogen-bond donors (Lipinski definition) is 0. The predicted molar refractivity (Wildman–Crippen MR) is 83.4 cm³/mol. The number of nitrogens with zero attached hydrogens (tertiary/aromatic N) is 1. The van der Waals surface area contributed by atoms with Crippen LogP contribution in [0.25, 0.3) is 0 Å². The van der Waals surface area contributed by atoms with Gasteiger partial charge >= 0.3 is 0 Å². The number of anilines is 1. The third-order valence-corrected chi connectivity index (χ3v) is 6.92. The second-order valence-electron chi connectivity index (χ2n) is 4.04. The zero-order valence-electron chi connectivity index (χ0n) is 10.6. The molecule has 0 radical (unpaired) electrons. The lowest BCUT2D eigenvalue weighted by Crippen LogP contribution is -2.30.